The Balaban J connectivity index is 1.25. The number of nitrogens with zero attached hydrogens (tertiary/aromatic N) is 1. The Morgan fingerprint density at radius 3 is 2.45 bits per heavy atom. The second-order valence-electron chi connectivity index (χ2n) is 7.16. The largest absolute Gasteiger partial charge is 0.486 e. The monoisotopic (exact) mass is 394 g/mol. The van der Waals surface area contributed by atoms with Crippen LogP contribution in [-0.4, -0.2) is 50.3 Å². The number of morpholine rings is 1. The van der Waals surface area contributed by atoms with Crippen LogP contribution in [0.2, 0.25) is 0 Å². The second-order valence-corrected chi connectivity index (χ2v) is 7.16. The number of carbonyl (C=O) groups is 1. The Kier molecular flexibility index (Phi) is 6.44. The van der Waals surface area contributed by atoms with Gasteiger partial charge in [0.05, 0.1) is 13.2 Å². The van der Waals surface area contributed by atoms with Crippen molar-refractivity contribution in [3.63, 3.8) is 0 Å². The van der Waals surface area contributed by atoms with Gasteiger partial charge in [-0.05, 0) is 34.9 Å². The lowest BCUT2D eigenvalue weighted by Crippen LogP contribution is -2.35. The van der Waals surface area contributed by atoms with E-state index in [4.69, 9.17) is 14.2 Å². The Morgan fingerprint density at radius 1 is 0.931 bits per heavy atom. The molecule has 0 saturated carbocycles. The van der Waals surface area contributed by atoms with Gasteiger partial charge in [-0.15, -0.1) is 0 Å². The van der Waals surface area contributed by atoms with E-state index in [0.29, 0.717) is 19.8 Å². The molecule has 1 fully saturated rings. The van der Waals surface area contributed by atoms with E-state index in [1.165, 1.54) is 11.6 Å². The molecule has 0 bridgehead atoms. The Labute approximate surface area is 171 Å². The van der Waals surface area contributed by atoms with Gasteiger partial charge in [-0.25, -0.2) is 0 Å². The summed E-state index contributed by atoms with van der Waals surface area (Å²) in [6.45, 7) is 6.13. The third-order valence-electron chi connectivity index (χ3n) is 4.99. The minimum Gasteiger partial charge on any atom is -0.486 e. The molecule has 2 heterocycles. The number of rotatable bonds is 6. The average molecular weight is 394 g/mol. The highest BCUT2D eigenvalue weighted by molar-refractivity contribution is 5.91. The zero-order valence-corrected chi connectivity index (χ0v) is 16.4. The van der Waals surface area contributed by atoms with Crippen molar-refractivity contribution in [3.8, 4) is 11.5 Å². The fraction of sp³-hybridized carbons (Fsp3) is 0.348. The number of nitrogens with one attached hydrogen (secondary N) is 1. The van der Waals surface area contributed by atoms with Crippen LogP contribution in [0.1, 0.15) is 16.7 Å². The molecular weight excluding hydrogens is 368 g/mol. The molecule has 0 spiro atoms. The predicted molar refractivity (Wildman–Crippen MR) is 111 cm³/mol. The van der Waals surface area contributed by atoms with Crippen molar-refractivity contribution in [2.24, 2.45) is 0 Å². The molecule has 2 aliphatic rings. The minimum atomic E-state index is -0.128. The molecule has 29 heavy (non-hydrogen) atoms. The van der Waals surface area contributed by atoms with Crippen molar-refractivity contribution in [1.29, 1.82) is 0 Å². The van der Waals surface area contributed by atoms with Crippen molar-refractivity contribution >= 4 is 12.0 Å². The van der Waals surface area contributed by atoms with Gasteiger partial charge in [-0.3, -0.25) is 9.69 Å². The average Bonchev–Trinajstić information content (AvgIpc) is 2.78. The molecule has 2 aromatic carbocycles. The summed E-state index contributed by atoms with van der Waals surface area (Å²) in [5.74, 6) is 1.34. The zero-order valence-electron chi connectivity index (χ0n) is 16.4. The fourth-order valence-electron chi connectivity index (χ4n) is 3.36. The van der Waals surface area contributed by atoms with Crippen molar-refractivity contribution in [3.05, 3.63) is 65.2 Å². The Hall–Kier alpha value is -2.83. The molecule has 2 aromatic rings. The van der Waals surface area contributed by atoms with Gasteiger partial charge in [-0.1, -0.05) is 30.3 Å². The molecule has 152 valence electrons. The molecule has 2 aliphatic heterocycles. The molecule has 4 rings (SSSR count). The first-order valence-corrected chi connectivity index (χ1v) is 10.00. The number of amides is 1. The summed E-state index contributed by atoms with van der Waals surface area (Å²) in [7, 11) is 0. The van der Waals surface area contributed by atoms with E-state index in [0.717, 1.165) is 55.5 Å². The van der Waals surface area contributed by atoms with Crippen molar-refractivity contribution in [1.82, 2.24) is 10.2 Å². The Bertz CT molecular complexity index is 858. The first-order valence-electron chi connectivity index (χ1n) is 10.00. The smallest absolute Gasteiger partial charge is 0.244 e. The molecule has 1 amide bonds. The SMILES string of the molecule is O=C(/C=C/c1ccc2c(c1)OCCO2)NCc1ccc(CN2CCOCC2)cc1. The maximum atomic E-state index is 12.1. The van der Waals surface area contributed by atoms with E-state index >= 15 is 0 Å². The molecule has 0 aliphatic carbocycles. The van der Waals surface area contributed by atoms with Crippen LogP contribution in [0, 0.1) is 0 Å². The topological polar surface area (TPSA) is 60.0 Å². The zero-order chi connectivity index (χ0) is 19.9. The van der Waals surface area contributed by atoms with E-state index < -0.39 is 0 Å². The highest BCUT2D eigenvalue weighted by Gasteiger charge is 2.11. The Morgan fingerprint density at radius 2 is 1.66 bits per heavy atom. The fourth-order valence-corrected chi connectivity index (χ4v) is 3.36. The van der Waals surface area contributed by atoms with E-state index in [-0.39, 0.29) is 5.91 Å². The van der Waals surface area contributed by atoms with Gasteiger partial charge in [-0.2, -0.15) is 0 Å². The summed E-state index contributed by atoms with van der Waals surface area (Å²) < 4.78 is 16.5. The summed E-state index contributed by atoms with van der Waals surface area (Å²) >= 11 is 0. The van der Waals surface area contributed by atoms with E-state index in [2.05, 4.69) is 34.5 Å². The molecular formula is C23H26N2O4. The van der Waals surface area contributed by atoms with Crippen LogP contribution in [0.15, 0.2) is 48.5 Å². The van der Waals surface area contributed by atoms with Gasteiger partial charge in [0.25, 0.3) is 0 Å². The number of fused-ring (bicyclic) bond motifs is 1. The summed E-state index contributed by atoms with van der Waals surface area (Å²) in [5, 5.41) is 2.92. The van der Waals surface area contributed by atoms with Crippen LogP contribution in [0.4, 0.5) is 0 Å². The van der Waals surface area contributed by atoms with E-state index in [9.17, 15) is 4.79 Å². The van der Waals surface area contributed by atoms with Crippen LogP contribution in [0.5, 0.6) is 11.5 Å². The van der Waals surface area contributed by atoms with Gasteiger partial charge in [0.2, 0.25) is 5.91 Å². The summed E-state index contributed by atoms with van der Waals surface area (Å²) in [4.78, 5) is 14.5. The summed E-state index contributed by atoms with van der Waals surface area (Å²) in [5.41, 5.74) is 3.26. The lowest BCUT2D eigenvalue weighted by molar-refractivity contribution is -0.116. The van der Waals surface area contributed by atoms with Gasteiger partial charge >= 0.3 is 0 Å². The minimum absolute atomic E-state index is 0.128. The molecule has 0 atom stereocenters. The van der Waals surface area contributed by atoms with Crippen LogP contribution >= 0.6 is 0 Å². The lowest BCUT2D eigenvalue weighted by Gasteiger charge is -2.26. The highest BCUT2D eigenvalue weighted by atomic mass is 16.6. The molecule has 1 saturated heterocycles. The normalized spacial score (nSPS) is 16.7. The molecule has 1 N–H and O–H groups in total. The molecule has 0 aromatic heterocycles. The standard InChI is InChI=1S/C23H26N2O4/c26-23(8-6-18-5-7-21-22(15-18)29-14-13-28-21)24-16-19-1-3-20(4-2-19)17-25-9-11-27-12-10-25/h1-8,15H,9-14,16-17H2,(H,24,26)/b8-6+. The quantitative estimate of drug-likeness (QED) is 0.764. The lowest BCUT2D eigenvalue weighted by atomic mass is 10.1. The number of benzene rings is 2. The number of hydrogen-bond acceptors (Lipinski definition) is 5. The molecule has 0 unspecified atom stereocenters. The van der Waals surface area contributed by atoms with Crippen LogP contribution in [0.25, 0.3) is 6.08 Å². The molecule has 6 heteroatoms. The van der Waals surface area contributed by atoms with Gasteiger partial charge < -0.3 is 19.5 Å². The highest BCUT2D eigenvalue weighted by Crippen LogP contribution is 2.31. The van der Waals surface area contributed by atoms with E-state index in [1.54, 1.807) is 6.08 Å². The van der Waals surface area contributed by atoms with Crippen LogP contribution in [-0.2, 0) is 22.6 Å². The molecule has 6 nitrogen and oxygen atoms in total. The summed E-state index contributed by atoms with van der Waals surface area (Å²) in [6, 6.07) is 14.0. The van der Waals surface area contributed by atoms with Crippen molar-refractivity contribution in [2.75, 3.05) is 39.5 Å². The first-order chi connectivity index (χ1) is 14.3. The maximum Gasteiger partial charge on any atom is 0.244 e. The van der Waals surface area contributed by atoms with Crippen LogP contribution in [0.3, 0.4) is 0 Å². The summed E-state index contributed by atoms with van der Waals surface area (Å²) in [6.07, 6.45) is 3.32. The second kappa shape index (κ2) is 9.58. The first kappa shape index (κ1) is 19.5. The number of hydrogen-bond donors (Lipinski definition) is 1. The van der Waals surface area contributed by atoms with Crippen molar-refractivity contribution in [2.45, 2.75) is 13.1 Å². The van der Waals surface area contributed by atoms with Crippen molar-refractivity contribution < 1.29 is 19.0 Å². The van der Waals surface area contributed by atoms with Crippen LogP contribution < -0.4 is 14.8 Å². The van der Waals surface area contributed by atoms with Gasteiger partial charge in [0.1, 0.15) is 13.2 Å². The van der Waals surface area contributed by atoms with Gasteiger partial charge in [0.15, 0.2) is 11.5 Å². The van der Waals surface area contributed by atoms with E-state index in [1.807, 2.05) is 18.2 Å². The number of carbonyl (C=O) groups excluding carboxylic acids is 1. The maximum absolute atomic E-state index is 12.1. The molecule has 0 radical (unpaired) electrons. The van der Waals surface area contributed by atoms with Gasteiger partial charge in [0, 0.05) is 32.3 Å². The third kappa shape index (κ3) is 5.59. The number of ether oxygens (including phenoxy) is 3. The third-order valence-corrected chi connectivity index (χ3v) is 4.99. The predicted octanol–water partition coefficient (Wildman–Crippen LogP) is 2.62.